The molecule has 0 aromatic heterocycles. The minimum atomic E-state index is 0.634. The lowest BCUT2D eigenvalue weighted by molar-refractivity contribution is 0.260. The van der Waals surface area contributed by atoms with E-state index < -0.39 is 0 Å². The lowest BCUT2D eigenvalue weighted by atomic mass is 10.2. The molecule has 2 rings (SSSR count). The minimum Gasteiger partial charge on any atom is -0.296 e. The lowest BCUT2D eigenvalue weighted by Crippen LogP contribution is -2.26. The van der Waals surface area contributed by atoms with Gasteiger partial charge in [-0.1, -0.05) is 29.3 Å². The zero-order valence-electron chi connectivity index (χ0n) is 8.84. The second-order valence-electron chi connectivity index (χ2n) is 4.21. The van der Waals surface area contributed by atoms with Crippen LogP contribution in [0.3, 0.4) is 0 Å². The zero-order chi connectivity index (χ0) is 10.8. The molecule has 82 valence electrons. The van der Waals surface area contributed by atoms with E-state index in [0.717, 1.165) is 6.54 Å². The van der Waals surface area contributed by atoms with Crippen LogP contribution in [-0.4, -0.2) is 17.5 Å². The van der Waals surface area contributed by atoms with Gasteiger partial charge in [0, 0.05) is 12.6 Å². The average molecular weight is 244 g/mol. The first-order valence-corrected chi connectivity index (χ1v) is 6.10. The summed E-state index contributed by atoms with van der Waals surface area (Å²) in [5, 5.41) is 1.29. The van der Waals surface area contributed by atoms with E-state index in [0.29, 0.717) is 16.1 Å². The maximum Gasteiger partial charge on any atom is 0.0595 e. The topological polar surface area (TPSA) is 3.24 Å². The molecule has 0 amide bonds. The van der Waals surface area contributed by atoms with Crippen LogP contribution < -0.4 is 0 Å². The smallest absolute Gasteiger partial charge is 0.0595 e. The highest BCUT2D eigenvalue weighted by Gasteiger charge is 2.19. The Balaban J connectivity index is 2.07. The van der Waals surface area contributed by atoms with Crippen LogP contribution in [0.1, 0.15) is 25.3 Å². The maximum absolute atomic E-state index is 5.99. The van der Waals surface area contributed by atoms with Gasteiger partial charge < -0.3 is 0 Å². The number of nitrogens with zero attached hydrogens (tertiary/aromatic N) is 1. The van der Waals surface area contributed by atoms with Crippen molar-refractivity contribution in [3.63, 3.8) is 0 Å². The third-order valence-electron chi connectivity index (χ3n) is 3.06. The molecule has 1 nitrogen and oxygen atoms in total. The third kappa shape index (κ3) is 2.66. The monoisotopic (exact) mass is 243 g/mol. The Morgan fingerprint density at radius 2 is 2.13 bits per heavy atom. The molecule has 1 aromatic rings. The summed E-state index contributed by atoms with van der Waals surface area (Å²) in [6.07, 6.45) is 2.61. The Kier molecular flexibility index (Phi) is 3.55. The Bertz CT molecular complexity index is 351. The standard InChI is InChI=1S/C12H15Cl2N/c1-9-3-2-6-15(9)8-10-4-5-11(13)12(14)7-10/h4-5,7,9H,2-3,6,8H2,1H3. The lowest BCUT2D eigenvalue weighted by Gasteiger charge is -2.21. The van der Waals surface area contributed by atoms with Gasteiger partial charge in [-0.05, 0) is 44.0 Å². The maximum atomic E-state index is 5.99. The van der Waals surface area contributed by atoms with E-state index in [1.54, 1.807) is 0 Å². The van der Waals surface area contributed by atoms with Crippen molar-refractivity contribution in [1.29, 1.82) is 0 Å². The Hall–Kier alpha value is -0.240. The summed E-state index contributed by atoms with van der Waals surface area (Å²) >= 11 is 11.9. The zero-order valence-corrected chi connectivity index (χ0v) is 10.4. The molecule has 0 radical (unpaired) electrons. The molecule has 0 bridgehead atoms. The number of hydrogen-bond acceptors (Lipinski definition) is 1. The van der Waals surface area contributed by atoms with Gasteiger partial charge in [0.2, 0.25) is 0 Å². The van der Waals surface area contributed by atoms with E-state index in [-0.39, 0.29) is 0 Å². The third-order valence-corrected chi connectivity index (χ3v) is 3.80. The van der Waals surface area contributed by atoms with Gasteiger partial charge in [0.1, 0.15) is 0 Å². The van der Waals surface area contributed by atoms with Crippen molar-refractivity contribution >= 4 is 23.2 Å². The molecule has 1 fully saturated rings. The second-order valence-corrected chi connectivity index (χ2v) is 5.02. The number of hydrogen-bond donors (Lipinski definition) is 0. The number of likely N-dealkylation sites (tertiary alicyclic amines) is 1. The van der Waals surface area contributed by atoms with Crippen LogP contribution in [0.15, 0.2) is 18.2 Å². The first-order chi connectivity index (χ1) is 7.16. The van der Waals surface area contributed by atoms with E-state index in [9.17, 15) is 0 Å². The molecule has 1 unspecified atom stereocenters. The summed E-state index contributed by atoms with van der Waals surface area (Å²) < 4.78 is 0. The van der Waals surface area contributed by atoms with Gasteiger partial charge >= 0.3 is 0 Å². The quantitative estimate of drug-likeness (QED) is 0.760. The van der Waals surface area contributed by atoms with E-state index >= 15 is 0 Å². The summed E-state index contributed by atoms with van der Waals surface area (Å²) in [7, 11) is 0. The van der Waals surface area contributed by atoms with Gasteiger partial charge in [0.25, 0.3) is 0 Å². The molecule has 0 spiro atoms. The van der Waals surface area contributed by atoms with Crippen LogP contribution in [-0.2, 0) is 6.54 Å². The van der Waals surface area contributed by atoms with E-state index in [4.69, 9.17) is 23.2 Å². The summed E-state index contributed by atoms with van der Waals surface area (Å²) in [5.41, 5.74) is 1.25. The number of rotatable bonds is 2. The van der Waals surface area contributed by atoms with Crippen molar-refractivity contribution in [1.82, 2.24) is 4.90 Å². The van der Waals surface area contributed by atoms with Gasteiger partial charge in [0.15, 0.2) is 0 Å². The largest absolute Gasteiger partial charge is 0.296 e. The van der Waals surface area contributed by atoms with Crippen molar-refractivity contribution in [2.45, 2.75) is 32.4 Å². The van der Waals surface area contributed by atoms with Crippen LogP contribution in [0.2, 0.25) is 10.0 Å². The summed E-state index contributed by atoms with van der Waals surface area (Å²) in [4.78, 5) is 2.49. The summed E-state index contributed by atoms with van der Waals surface area (Å²) in [6, 6.07) is 6.59. The van der Waals surface area contributed by atoms with Gasteiger partial charge in [-0.3, -0.25) is 4.90 Å². The van der Waals surface area contributed by atoms with Crippen LogP contribution in [0.25, 0.3) is 0 Å². The second kappa shape index (κ2) is 4.73. The molecule has 3 heteroatoms. The Labute approximate surface area is 101 Å². The molecular weight excluding hydrogens is 229 g/mol. The van der Waals surface area contributed by atoms with Crippen molar-refractivity contribution in [3.05, 3.63) is 33.8 Å². The number of halogens is 2. The number of benzene rings is 1. The van der Waals surface area contributed by atoms with Crippen LogP contribution in [0.5, 0.6) is 0 Å². The predicted molar refractivity (Wildman–Crippen MR) is 65.6 cm³/mol. The van der Waals surface area contributed by atoms with Crippen LogP contribution in [0.4, 0.5) is 0 Å². The van der Waals surface area contributed by atoms with Gasteiger partial charge in [-0.15, -0.1) is 0 Å². The first kappa shape index (κ1) is 11.3. The van der Waals surface area contributed by atoms with Crippen LogP contribution in [0, 0.1) is 0 Å². The highest BCUT2D eigenvalue weighted by Crippen LogP contribution is 2.25. The fourth-order valence-electron chi connectivity index (χ4n) is 2.10. The molecule has 1 aliphatic rings. The molecule has 1 aromatic carbocycles. The molecule has 1 saturated heterocycles. The molecule has 1 atom stereocenters. The SMILES string of the molecule is CC1CCCN1Cc1ccc(Cl)c(Cl)c1. The molecule has 0 saturated carbocycles. The normalized spacial score (nSPS) is 22.2. The Morgan fingerprint density at radius 1 is 1.33 bits per heavy atom. The molecule has 0 N–H and O–H groups in total. The van der Waals surface area contributed by atoms with Gasteiger partial charge in [0.05, 0.1) is 10.0 Å². The first-order valence-electron chi connectivity index (χ1n) is 5.35. The van der Waals surface area contributed by atoms with Crippen molar-refractivity contribution in [2.75, 3.05) is 6.54 Å². The van der Waals surface area contributed by atoms with Crippen molar-refractivity contribution < 1.29 is 0 Å². The summed E-state index contributed by atoms with van der Waals surface area (Å²) in [6.45, 7) is 4.46. The molecule has 1 aliphatic heterocycles. The predicted octanol–water partition coefficient (Wildman–Crippen LogP) is 3.98. The van der Waals surface area contributed by atoms with E-state index in [1.165, 1.54) is 24.9 Å². The Morgan fingerprint density at radius 3 is 2.73 bits per heavy atom. The highest BCUT2D eigenvalue weighted by molar-refractivity contribution is 6.42. The average Bonchev–Trinajstić information content (AvgIpc) is 2.59. The van der Waals surface area contributed by atoms with Gasteiger partial charge in [-0.25, -0.2) is 0 Å². The molecule has 15 heavy (non-hydrogen) atoms. The van der Waals surface area contributed by atoms with Crippen molar-refractivity contribution in [2.24, 2.45) is 0 Å². The molecule has 0 aliphatic carbocycles. The highest BCUT2D eigenvalue weighted by atomic mass is 35.5. The van der Waals surface area contributed by atoms with Crippen molar-refractivity contribution in [3.8, 4) is 0 Å². The van der Waals surface area contributed by atoms with Crippen LogP contribution >= 0.6 is 23.2 Å². The fourth-order valence-corrected chi connectivity index (χ4v) is 2.42. The van der Waals surface area contributed by atoms with E-state index in [1.807, 2.05) is 12.1 Å². The van der Waals surface area contributed by atoms with E-state index in [2.05, 4.69) is 17.9 Å². The minimum absolute atomic E-state index is 0.634. The fraction of sp³-hybridized carbons (Fsp3) is 0.500. The molecule has 1 heterocycles. The van der Waals surface area contributed by atoms with Gasteiger partial charge in [-0.2, -0.15) is 0 Å². The molecular formula is C12H15Cl2N. The summed E-state index contributed by atoms with van der Waals surface area (Å²) in [5.74, 6) is 0.